The lowest BCUT2D eigenvalue weighted by Gasteiger charge is -2.07. The van der Waals surface area contributed by atoms with Gasteiger partial charge in [0.2, 0.25) is 0 Å². The summed E-state index contributed by atoms with van der Waals surface area (Å²) in [6, 6.07) is 2.53. The summed E-state index contributed by atoms with van der Waals surface area (Å²) in [4.78, 5) is 37.5. The number of nitrogens with one attached hydrogen (secondary N) is 1. The number of rotatable bonds is 8. The van der Waals surface area contributed by atoms with Crippen LogP contribution in [0.1, 0.15) is 22.6 Å². The number of hydrogen-bond acceptors (Lipinski definition) is 6. The maximum absolute atomic E-state index is 13.5. The van der Waals surface area contributed by atoms with Crippen LogP contribution in [-0.4, -0.2) is 39.5 Å². The second-order valence-corrected chi connectivity index (χ2v) is 5.42. The summed E-state index contributed by atoms with van der Waals surface area (Å²) in [6.45, 7) is 1.41. The summed E-state index contributed by atoms with van der Waals surface area (Å²) in [7, 11) is 0. The number of aromatic nitrogens is 2. The number of ether oxygens (including phenoxy) is 1. The summed E-state index contributed by atoms with van der Waals surface area (Å²) in [5, 5.41) is 13.2. The van der Waals surface area contributed by atoms with Gasteiger partial charge in [0, 0.05) is 19.5 Å². The van der Waals surface area contributed by atoms with Gasteiger partial charge in [-0.2, -0.15) is 0 Å². The molecule has 0 spiro atoms. The maximum Gasteiger partial charge on any atom is 0.342 e. The van der Waals surface area contributed by atoms with E-state index in [0.717, 1.165) is 18.3 Å². The van der Waals surface area contributed by atoms with Crippen LogP contribution in [0.5, 0.6) is 0 Å². The predicted octanol–water partition coefficient (Wildman–Crippen LogP) is 1.74. The zero-order valence-electron chi connectivity index (χ0n) is 14.3. The van der Waals surface area contributed by atoms with E-state index in [2.05, 4.69) is 10.3 Å². The molecule has 1 amide bonds. The van der Waals surface area contributed by atoms with Crippen LogP contribution in [0.2, 0.25) is 0 Å². The number of halogens is 2. The van der Waals surface area contributed by atoms with E-state index in [-0.39, 0.29) is 37.5 Å². The molecule has 144 valence electrons. The largest absolute Gasteiger partial charge is 0.461 e. The Hall–Kier alpha value is -3.37. The number of benzene rings is 1. The van der Waals surface area contributed by atoms with Gasteiger partial charge in [-0.05, 0) is 17.1 Å². The highest BCUT2D eigenvalue weighted by Gasteiger charge is 2.18. The summed E-state index contributed by atoms with van der Waals surface area (Å²) in [5.41, 5.74) is -0.340. The highest BCUT2D eigenvalue weighted by molar-refractivity contribution is 5.94. The minimum Gasteiger partial charge on any atom is -0.461 e. The topological polar surface area (TPSA) is 116 Å². The number of carbonyl (C=O) groups excluding carboxylic acids is 2. The number of amides is 1. The molecule has 0 aliphatic rings. The fourth-order valence-corrected chi connectivity index (χ4v) is 2.25. The van der Waals surface area contributed by atoms with Crippen molar-refractivity contribution in [2.75, 3.05) is 13.2 Å². The molecule has 1 N–H and O–H groups in total. The molecule has 0 aliphatic heterocycles. The lowest BCUT2D eigenvalue weighted by molar-refractivity contribution is -0.392. The van der Waals surface area contributed by atoms with Gasteiger partial charge in [0.15, 0.2) is 5.82 Å². The van der Waals surface area contributed by atoms with Gasteiger partial charge in [-0.15, -0.1) is 0 Å². The van der Waals surface area contributed by atoms with Crippen molar-refractivity contribution in [2.45, 2.75) is 19.9 Å². The number of imidazole rings is 1. The van der Waals surface area contributed by atoms with Gasteiger partial charge in [0.25, 0.3) is 5.91 Å². The molecule has 0 radical (unpaired) electrons. The van der Waals surface area contributed by atoms with E-state index in [1.165, 1.54) is 4.57 Å². The third-order valence-corrected chi connectivity index (χ3v) is 3.59. The molecule has 0 saturated carbocycles. The molecule has 1 aromatic heterocycles. The molecule has 9 nitrogen and oxygen atoms in total. The maximum atomic E-state index is 13.5. The van der Waals surface area contributed by atoms with E-state index >= 15 is 0 Å². The van der Waals surface area contributed by atoms with Crippen LogP contribution in [0.25, 0.3) is 0 Å². The monoisotopic (exact) mass is 382 g/mol. The molecule has 27 heavy (non-hydrogen) atoms. The lowest BCUT2D eigenvalue weighted by Crippen LogP contribution is -2.27. The van der Waals surface area contributed by atoms with Crippen LogP contribution in [-0.2, 0) is 16.1 Å². The standard InChI is InChI=1S/C16H16F2N4O5/c1-10-20-9-14(22(25)26)21(10)6-7-27-15(23)4-5-19-16(24)12-3-2-11(17)8-13(12)18/h2-3,8-9H,4-7H2,1H3,(H,19,24). The number of aryl methyl sites for hydroxylation is 1. The molecule has 1 heterocycles. The zero-order valence-corrected chi connectivity index (χ0v) is 14.3. The average molecular weight is 382 g/mol. The minimum atomic E-state index is -1.01. The molecule has 0 fully saturated rings. The van der Waals surface area contributed by atoms with Gasteiger partial charge in [0.05, 0.1) is 12.0 Å². The summed E-state index contributed by atoms with van der Waals surface area (Å²) in [6.07, 6.45) is 0.931. The Balaban J connectivity index is 1.74. The van der Waals surface area contributed by atoms with Crippen LogP contribution < -0.4 is 5.32 Å². The van der Waals surface area contributed by atoms with Gasteiger partial charge in [-0.3, -0.25) is 9.59 Å². The first-order chi connectivity index (χ1) is 12.8. The van der Waals surface area contributed by atoms with Crippen molar-refractivity contribution in [1.82, 2.24) is 14.9 Å². The first-order valence-electron chi connectivity index (χ1n) is 7.85. The van der Waals surface area contributed by atoms with E-state index in [1.807, 2.05) is 0 Å². The van der Waals surface area contributed by atoms with Crippen molar-refractivity contribution < 1.29 is 28.0 Å². The zero-order chi connectivity index (χ0) is 20.0. The molecular weight excluding hydrogens is 366 g/mol. The summed E-state index contributed by atoms with van der Waals surface area (Å²) in [5.74, 6) is -3.04. The van der Waals surface area contributed by atoms with Crippen molar-refractivity contribution in [3.8, 4) is 0 Å². The van der Waals surface area contributed by atoms with Crippen molar-refractivity contribution in [2.24, 2.45) is 0 Å². The Morgan fingerprint density at radius 1 is 1.37 bits per heavy atom. The Labute approximate surface area is 152 Å². The number of nitro groups is 1. The Morgan fingerprint density at radius 3 is 2.78 bits per heavy atom. The molecular formula is C16H16F2N4O5. The average Bonchev–Trinajstić information content (AvgIpc) is 2.96. The normalized spacial score (nSPS) is 10.5. The van der Waals surface area contributed by atoms with Crippen LogP contribution in [0.15, 0.2) is 24.4 Å². The van der Waals surface area contributed by atoms with Crippen molar-refractivity contribution in [3.05, 3.63) is 57.5 Å². The number of carbonyl (C=O) groups is 2. The first kappa shape index (κ1) is 19.9. The molecule has 1 aromatic carbocycles. The molecule has 11 heteroatoms. The predicted molar refractivity (Wildman–Crippen MR) is 87.9 cm³/mol. The van der Waals surface area contributed by atoms with Crippen molar-refractivity contribution in [1.29, 1.82) is 0 Å². The lowest BCUT2D eigenvalue weighted by atomic mass is 10.2. The molecule has 0 saturated heterocycles. The minimum absolute atomic E-state index is 0.0566. The quantitative estimate of drug-likeness (QED) is 0.422. The smallest absolute Gasteiger partial charge is 0.342 e. The fraction of sp³-hybridized carbons (Fsp3) is 0.312. The van der Waals surface area contributed by atoms with Crippen LogP contribution in [0.3, 0.4) is 0 Å². The Bertz CT molecular complexity index is 868. The summed E-state index contributed by atoms with van der Waals surface area (Å²) >= 11 is 0. The second-order valence-electron chi connectivity index (χ2n) is 5.42. The molecule has 0 bridgehead atoms. The third kappa shape index (κ3) is 5.30. The first-order valence-corrected chi connectivity index (χ1v) is 7.85. The van der Waals surface area contributed by atoms with Gasteiger partial charge in [-0.1, -0.05) is 0 Å². The van der Waals surface area contributed by atoms with Crippen molar-refractivity contribution in [3.63, 3.8) is 0 Å². The highest BCUT2D eigenvalue weighted by atomic mass is 19.1. The van der Waals surface area contributed by atoms with E-state index in [0.29, 0.717) is 11.9 Å². The number of nitrogens with zero attached hydrogens (tertiary/aromatic N) is 3. The van der Waals surface area contributed by atoms with E-state index < -0.39 is 28.4 Å². The molecule has 2 aromatic rings. The van der Waals surface area contributed by atoms with E-state index in [1.54, 1.807) is 6.92 Å². The van der Waals surface area contributed by atoms with E-state index in [9.17, 15) is 28.5 Å². The van der Waals surface area contributed by atoms with Gasteiger partial charge >= 0.3 is 11.8 Å². The summed E-state index contributed by atoms with van der Waals surface area (Å²) < 4.78 is 32.5. The van der Waals surface area contributed by atoms with Gasteiger partial charge < -0.3 is 20.2 Å². The van der Waals surface area contributed by atoms with Crippen LogP contribution in [0, 0.1) is 28.7 Å². The van der Waals surface area contributed by atoms with Gasteiger partial charge in [-0.25, -0.2) is 18.3 Å². The van der Waals surface area contributed by atoms with Crippen LogP contribution in [0.4, 0.5) is 14.6 Å². The fourth-order valence-electron chi connectivity index (χ4n) is 2.25. The second kappa shape index (κ2) is 8.83. The molecule has 0 aliphatic carbocycles. The molecule has 2 rings (SSSR count). The Kier molecular flexibility index (Phi) is 6.52. The third-order valence-electron chi connectivity index (χ3n) is 3.59. The SMILES string of the molecule is Cc1ncc([N+](=O)[O-])n1CCOC(=O)CCNC(=O)c1ccc(F)cc1F. The van der Waals surface area contributed by atoms with Gasteiger partial charge in [0.1, 0.15) is 31.0 Å². The van der Waals surface area contributed by atoms with Crippen molar-refractivity contribution >= 4 is 17.7 Å². The molecule has 0 unspecified atom stereocenters. The number of hydrogen-bond donors (Lipinski definition) is 1. The van der Waals surface area contributed by atoms with Crippen LogP contribution >= 0.6 is 0 Å². The highest BCUT2D eigenvalue weighted by Crippen LogP contribution is 2.13. The number of esters is 1. The Morgan fingerprint density at radius 2 is 2.11 bits per heavy atom. The molecule has 0 atom stereocenters. The van der Waals surface area contributed by atoms with E-state index in [4.69, 9.17) is 4.74 Å².